The average molecular weight is 484 g/mol. The molecule has 0 saturated carbocycles. The van der Waals surface area contributed by atoms with E-state index in [0.717, 1.165) is 10.5 Å². The second-order valence-electron chi connectivity index (χ2n) is 7.44. The second-order valence-corrected chi connectivity index (χ2v) is 7.83. The van der Waals surface area contributed by atoms with Gasteiger partial charge >= 0.3 is 5.97 Å². The molecule has 3 aromatic rings. The topological polar surface area (TPSA) is 120 Å². The number of nitrogens with one attached hydrogen (secondary N) is 1. The molecule has 0 bridgehead atoms. The van der Waals surface area contributed by atoms with Gasteiger partial charge in [-0.15, -0.1) is 0 Å². The summed E-state index contributed by atoms with van der Waals surface area (Å²) < 4.78 is 5.75. The molecule has 9 heteroatoms. The zero-order chi connectivity index (χ0) is 24.9. The van der Waals surface area contributed by atoms with Gasteiger partial charge in [0.1, 0.15) is 17.9 Å². The number of ether oxygens (including phenoxy) is 1. The first-order valence-electron chi connectivity index (χ1n) is 10.3. The van der Waals surface area contributed by atoms with Gasteiger partial charge in [0.15, 0.2) is 5.11 Å². The smallest absolute Gasteiger partial charge is 0.335 e. The molecule has 1 aliphatic rings. The lowest BCUT2D eigenvalue weighted by atomic mass is 10.1. The van der Waals surface area contributed by atoms with Crippen LogP contribution in [0.25, 0.3) is 6.08 Å². The lowest BCUT2D eigenvalue weighted by Gasteiger charge is -2.29. The number of carboxylic acid groups (broad SMARTS) is 1. The molecule has 0 aromatic heterocycles. The molecule has 0 unspecified atom stereocenters. The molecule has 2 amide bonds. The Hall–Kier alpha value is -4.81. The van der Waals surface area contributed by atoms with Crippen LogP contribution in [0.2, 0.25) is 0 Å². The van der Waals surface area contributed by atoms with Crippen LogP contribution in [0.4, 0.5) is 5.69 Å². The van der Waals surface area contributed by atoms with Crippen molar-refractivity contribution >= 4 is 46.9 Å². The van der Waals surface area contributed by atoms with E-state index in [0.29, 0.717) is 16.9 Å². The first-order valence-corrected chi connectivity index (χ1v) is 10.7. The van der Waals surface area contributed by atoms with Crippen LogP contribution in [0.5, 0.6) is 5.75 Å². The summed E-state index contributed by atoms with van der Waals surface area (Å²) >= 11 is 5.16. The van der Waals surface area contributed by atoms with Gasteiger partial charge in [-0.2, -0.15) is 5.26 Å². The van der Waals surface area contributed by atoms with Crippen LogP contribution in [0.1, 0.15) is 27.0 Å². The standard InChI is InChI=1S/C26H17N3O5S/c27-14-18-4-1-2-5-19(18)15-34-21-10-8-16(9-11-21)12-22-23(30)28-26(35)29(24(22)31)20-7-3-6-17(13-20)25(32)33/h1-13H,15H2,(H,32,33)(H,28,30,35). The van der Waals surface area contributed by atoms with Crippen LogP contribution in [0.3, 0.4) is 0 Å². The fraction of sp³-hybridized carbons (Fsp3) is 0.0385. The third-order valence-electron chi connectivity index (χ3n) is 5.18. The minimum absolute atomic E-state index is 0.0199. The van der Waals surface area contributed by atoms with Crippen molar-refractivity contribution in [1.29, 1.82) is 5.26 Å². The molecule has 35 heavy (non-hydrogen) atoms. The fourth-order valence-electron chi connectivity index (χ4n) is 3.41. The fourth-order valence-corrected chi connectivity index (χ4v) is 3.69. The molecular formula is C26H17N3O5S. The van der Waals surface area contributed by atoms with Gasteiger partial charge in [-0.1, -0.05) is 36.4 Å². The lowest BCUT2D eigenvalue weighted by Crippen LogP contribution is -2.54. The zero-order valence-electron chi connectivity index (χ0n) is 18.1. The largest absolute Gasteiger partial charge is 0.489 e. The summed E-state index contributed by atoms with van der Waals surface area (Å²) in [7, 11) is 0. The van der Waals surface area contributed by atoms with Gasteiger partial charge < -0.3 is 9.84 Å². The van der Waals surface area contributed by atoms with Gasteiger partial charge in [0.25, 0.3) is 11.8 Å². The van der Waals surface area contributed by atoms with Crippen LogP contribution >= 0.6 is 12.2 Å². The van der Waals surface area contributed by atoms with Crippen LogP contribution in [0, 0.1) is 11.3 Å². The SMILES string of the molecule is N#Cc1ccccc1COc1ccc(C=C2C(=O)NC(=S)N(c3cccc(C(=O)O)c3)C2=O)cc1. The maximum Gasteiger partial charge on any atom is 0.335 e. The van der Waals surface area contributed by atoms with Gasteiger partial charge in [0.2, 0.25) is 0 Å². The number of nitrogens with zero attached hydrogens (tertiary/aromatic N) is 2. The van der Waals surface area contributed by atoms with Crippen molar-refractivity contribution in [2.24, 2.45) is 0 Å². The number of aromatic carboxylic acids is 1. The third kappa shape index (κ3) is 5.08. The van der Waals surface area contributed by atoms with Crippen LogP contribution in [-0.4, -0.2) is 28.0 Å². The minimum Gasteiger partial charge on any atom is -0.489 e. The van der Waals surface area contributed by atoms with Crippen molar-refractivity contribution < 1.29 is 24.2 Å². The molecule has 8 nitrogen and oxygen atoms in total. The first-order chi connectivity index (χ1) is 16.9. The molecule has 4 rings (SSSR count). The summed E-state index contributed by atoms with van der Waals surface area (Å²) in [4.78, 5) is 38.0. The number of hydrogen-bond donors (Lipinski definition) is 2. The first kappa shape index (κ1) is 23.4. The van der Waals surface area contributed by atoms with E-state index >= 15 is 0 Å². The molecule has 172 valence electrons. The Morgan fingerprint density at radius 3 is 2.54 bits per heavy atom. The number of hydrogen-bond acceptors (Lipinski definition) is 6. The van der Waals surface area contributed by atoms with E-state index in [1.165, 1.54) is 30.3 Å². The van der Waals surface area contributed by atoms with Crippen LogP contribution in [-0.2, 0) is 16.2 Å². The van der Waals surface area contributed by atoms with Crippen molar-refractivity contribution in [2.75, 3.05) is 4.90 Å². The Labute approximate surface area is 205 Å². The Morgan fingerprint density at radius 2 is 1.83 bits per heavy atom. The normalized spacial score (nSPS) is 14.4. The minimum atomic E-state index is -1.15. The van der Waals surface area contributed by atoms with E-state index in [-0.39, 0.29) is 28.5 Å². The number of carboxylic acids is 1. The summed E-state index contributed by atoms with van der Waals surface area (Å²) in [6, 6.07) is 21.7. The molecule has 2 N–H and O–H groups in total. The molecule has 0 radical (unpaired) electrons. The average Bonchev–Trinajstić information content (AvgIpc) is 2.86. The summed E-state index contributed by atoms with van der Waals surface area (Å²) in [5.74, 6) is -1.93. The van der Waals surface area contributed by atoms with E-state index in [9.17, 15) is 24.8 Å². The van der Waals surface area contributed by atoms with Gasteiger partial charge in [0, 0.05) is 5.56 Å². The van der Waals surface area contributed by atoms with E-state index < -0.39 is 17.8 Å². The van der Waals surface area contributed by atoms with E-state index in [4.69, 9.17) is 17.0 Å². The Morgan fingerprint density at radius 1 is 1.09 bits per heavy atom. The quantitative estimate of drug-likeness (QED) is 0.312. The molecular weight excluding hydrogens is 466 g/mol. The summed E-state index contributed by atoms with van der Waals surface area (Å²) in [5.41, 5.74) is 1.91. The zero-order valence-corrected chi connectivity index (χ0v) is 18.9. The lowest BCUT2D eigenvalue weighted by molar-refractivity contribution is -0.122. The van der Waals surface area contributed by atoms with E-state index in [2.05, 4.69) is 11.4 Å². The number of rotatable bonds is 6. The maximum absolute atomic E-state index is 13.1. The van der Waals surface area contributed by atoms with Crippen molar-refractivity contribution in [2.45, 2.75) is 6.61 Å². The number of benzene rings is 3. The van der Waals surface area contributed by atoms with Crippen molar-refractivity contribution in [3.8, 4) is 11.8 Å². The molecule has 1 saturated heterocycles. The Balaban J connectivity index is 1.54. The predicted octanol–water partition coefficient (Wildman–Crippen LogP) is 3.67. The summed E-state index contributed by atoms with van der Waals surface area (Å²) in [6.07, 6.45) is 1.42. The van der Waals surface area contributed by atoms with E-state index in [1.54, 1.807) is 36.4 Å². The second kappa shape index (κ2) is 9.99. The Kier molecular flexibility index (Phi) is 6.66. The van der Waals surface area contributed by atoms with E-state index in [1.807, 2.05) is 12.1 Å². The number of carbonyl (C=O) groups is 3. The summed E-state index contributed by atoms with van der Waals surface area (Å²) in [6.45, 7) is 0.215. The van der Waals surface area contributed by atoms with Crippen LogP contribution in [0.15, 0.2) is 78.4 Å². The molecule has 1 heterocycles. The van der Waals surface area contributed by atoms with Gasteiger partial charge in [-0.3, -0.25) is 19.8 Å². The third-order valence-corrected chi connectivity index (χ3v) is 5.46. The highest BCUT2D eigenvalue weighted by molar-refractivity contribution is 7.80. The number of carbonyl (C=O) groups excluding carboxylic acids is 2. The molecule has 0 aliphatic carbocycles. The van der Waals surface area contributed by atoms with Gasteiger partial charge in [-0.25, -0.2) is 4.79 Å². The number of anilines is 1. The number of nitriles is 1. The summed E-state index contributed by atoms with van der Waals surface area (Å²) in [5, 5.41) is 20.8. The van der Waals surface area contributed by atoms with Gasteiger partial charge in [0.05, 0.1) is 22.9 Å². The van der Waals surface area contributed by atoms with Crippen molar-refractivity contribution in [3.05, 3.63) is 101 Å². The maximum atomic E-state index is 13.1. The molecule has 1 fully saturated rings. The monoisotopic (exact) mass is 483 g/mol. The Bertz CT molecular complexity index is 1420. The van der Waals surface area contributed by atoms with Crippen molar-refractivity contribution in [1.82, 2.24) is 5.32 Å². The van der Waals surface area contributed by atoms with Gasteiger partial charge in [-0.05, 0) is 60.3 Å². The highest BCUT2D eigenvalue weighted by Crippen LogP contribution is 2.24. The predicted molar refractivity (Wildman–Crippen MR) is 132 cm³/mol. The highest BCUT2D eigenvalue weighted by Gasteiger charge is 2.34. The molecule has 0 atom stereocenters. The molecule has 3 aromatic carbocycles. The number of amides is 2. The number of thiocarbonyl (C=S) groups is 1. The molecule has 0 spiro atoms. The molecule has 1 aliphatic heterocycles. The highest BCUT2D eigenvalue weighted by atomic mass is 32.1. The van der Waals surface area contributed by atoms with Crippen molar-refractivity contribution in [3.63, 3.8) is 0 Å². The van der Waals surface area contributed by atoms with Crippen LogP contribution < -0.4 is 15.0 Å².